The number of hydrogen-bond acceptors (Lipinski definition) is 6. The van der Waals surface area contributed by atoms with E-state index in [0.29, 0.717) is 17.9 Å². The summed E-state index contributed by atoms with van der Waals surface area (Å²) in [4.78, 5) is 26.6. The average Bonchev–Trinajstić information content (AvgIpc) is 2.38. The van der Waals surface area contributed by atoms with E-state index in [9.17, 15) is 9.59 Å². The molecule has 0 aromatic carbocycles. The molecule has 0 saturated heterocycles. The van der Waals surface area contributed by atoms with Crippen molar-refractivity contribution in [2.24, 2.45) is 0 Å². The van der Waals surface area contributed by atoms with Crippen LogP contribution in [-0.2, 0) is 14.3 Å². The first kappa shape index (κ1) is 14.0. The van der Waals surface area contributed by atoms with E-state index in [2.05, 4.69) is 15.0 Å². The third-order valence-corrected chi connectivity index (χ3v) is 2.19. The zero-order valence-corrected chi connectivity index (χ0v) is 10.6. The van der Waals surface area contributed by atoms with Crippen LogP contribution in [0.4, 0.5) is 5.69 Å². The van der Waals surface area contributed by atoms with E-state index < -0.39 is 18.0 Å². The molecule has 1 rings (SSSR count). The first-order chi connectivity index (χ1) is 8.58. The standard InChI is InChI=1S/C12H16N2O4/c1-4-18-12(16)9-5-10(7-13-6-9)14-8(2)11(15)17-3/h5-8,14H,4H2,1-3H3. The van der Waals surface area contributed by atoms with E-state index in [4.69, 9.17) is 4.74 Å². The van der Waals surface area contributed by atoms with Gasteiger partial charge in [0.1, 0.15) is 6.04 Å². The average molecular weight is 252 g/mol. The monoisotopic (exact) mass is 252 g/mol. The molecular weight excluding hydrogens is 236 g/mol. The molecule has 1 N–H and O–H groups in total. The SMILES string of the molecule is CCOC(=O)c1cncc(NC(C)C(=O)OC)c1. The lowest BCUT2D eigenvalue weighted by Crippen LogP contribution is -2.27. The van der Waals surface area contributed by atoms with Crippen molar-refractivity contribution in [2.45, 2.75) is 19.9 Å². The van der Waals surface area contributed by atoms with Crippen molar-refractivity contribution in [3.05, 3.63) is 24.0 Å². The minimum atomic E-state index is -0.519. The number of pyridine rings is 1. The summed E-state index contributed by atoms with van der Waals surface area (Å²) in [6, 6.07) is 1.05. The number of carbonyl (C=O) groups excluding carboxylic acids is 2. The minimum Gasteiger partial charge on any atom is -0.467 e. The second kappa shape index (κ2) is 6.58. The van der Waals surface area contributed by atoms with Crippen LogP contribution in [0.5, 0.6) is 0 Å². The summed E-state index contributed by atoms with van der Waals surface area (Å²) in [5, 5.41) is 2.89. The predicted octanol–water partition coefficient (Wildman–Crippen LogP) is 1.23. The van der Waals surface area contributed by atoms with Crippen LogP contribution in [0.2, 0.25) is 0 Å². The molecule has 18 heavy (non-hydrogen) atoms. The molecule has 0 aliphatic heterocycles. The number of aromatic nitrogens is 1. The zero-order valence-electron chi connectivity index (χ0n) is 10.6. The third-order valence-electron chi connectivity index (χ3n) is 2.19. The van der Waals surface area contributed by atoms with Crippen LogP contribution in [0.1, 0.15) is 24.2 Å². The molecule has 0 bridgehead atoms. The number of rotatable bonds is 5. The first-order valence-corrected chi connectivity index (χ1v) is 5.55. The molecule has 0 aliphatic rings. The van der Waals surface area contributed by atoms with Crippen LogP contribution in [-0.4, -0.2) is 36.7 Å². The van der Waals surface area contributed by atoms with Gasteiger partial charge in [0.25, 0.3) is 0 Å². The van der Waals surface area contributed by atoms with E-state index in [1.807, 2.05) is 0 Å². The van der Waals surface area contributed by atoms with Crippen molar-refractivity contribution < 1.29 is 19.1 Å². The molecule has 1 aromatic heterocycles. The second-order valence-electron chi connectivity index (χ2n) is 3.57. The molecule has 0 saturated carbocycles. The van der Waals surface area contributed by atoms with Gasteiger partial charge in [-0.05, 0) is 19.9 Å². The molecule has 0 aliphatic carbocycles. The van der Waals surface area contributed by atoms with Crippen molar-refractivity contribution in [3.8, 4) is 0 Å². The lowest BCUT2D eigenvalue weighted by atomic mass is 10.2. The first-order valence-electron chi connectivity index (χ1n) is 5.55. The highest BCUT2D eigenvalue weighted by Crippen LogP contribution is 2.11. The topological polar surface area (TPSA) is 77.5 Å². The maximum absolute atomic E-state index is 11.5. The van der Waals surface area contributed by atoms with E-state index in [1.165, 1.54) is 19.5 Å². The fourth-order valence-corrected chi connectivity index (χ4v) is 1.33. The summed E-state index contributed by atoms with van der Waals surface area (Å²) in [7, 11) is 1.31. The normalized spacial score (nSPS) is 11.5. The fourth-order valence-electron chi connectivity index (χ4n) is 1.33. The molecule has 1 unspecified atom stereocenters. The van der Waals surface area contributed by atoms with Gasteiger partial charge in [-0.15, -0.1) is 0 Å². The summed E-state index contributed by atoms with van der Waals surface area (Å²) in [5.41, 5.74) is 0.886. The largest absolute Gasteiger partial charge is 0.467 e. The third kappa shape index (κ3) is 3.73. The smallest absolute Gasteiger partial charge is 0.339 e. The number of anilines is 1. The lowest BCUT2D eigenvalue weighted by Gasteiger charge is -2.12. The van der Waals surface area contributed by atoms with Gasteiger partial charge >= 0.3 is 11.9 Å². The van der Waals surface area contributed by atoms with Crippen LogP contribution in [0, 0.1) is 0 Å². The van der Waals surface area contributed by atoms with Gasteiger partial charge in [-0.1, -0.05) is 0 Å². The van der Waals surface area contributed by atoms with Crippen LogP contribution in [0.3, 0.4) is 0 Å². The van der Waals surface area contributed by atoms with Gasteiger partial charge in [-0.3, -0.25) is 4.98 Å². The maximum atomic E-state index is 11.5. The number of hydrogen-bond donors (Lipinski definition) is 1. The summed E-state index contributed by atoms with van der Waals surface area (Å²) >= 11 is 0. The summed E-state index contributed by atoms with van der Waals surface area (Å²) in [5.74, 6) is -0.837. The molecule has 1 heterocycles. The molecule has 6 heteroatoms. The van der Waals surface area contributed by atoms with Crippen LogP contribution < -0.4 is 5.32 Å². The molecular formula is C12H16N2O4. The molecule has 98 valence electrons. The predicted molar refractivity (Wildman–Crippen MR) is 65.3 cm³/mol. The number of methoxy groups -OCH3 is 1. The van der Waals surface area contributed by atoms with Crippen molar-refractivity contribution in [2.75, 3.05) is 19.0 Å². The van der Waals surface area contributed by atoms with Crippen LogP contribution in [0.15, 0.2) is 18.5 Å². The highest BCUT2D eigenvalue weighted by Gasteiger charge is 2.14. The number of carbonyl (C=O) groups is 2. The van der Waals surface area contributed by atoms with Gasteiger partial charge < -0.3 is 14.8 Å². The summed E-state index contributed by atoms with van der Waals surface area (Å²) in [6.45, 7) is 3.69. The number of nitrogens with one attached hydrogen (secondary N) is 1. The Morgan fingerprint density at radius 3 is 2.78 bits per heavy atom. The highest BCUT2D eigenvalue weighted by atomic mass is 16.5. The van der Waals surface area contributed by atoms with Gasteiger partial charge in [-0.25, -0.2) is 9.59 Å². The molecule has 0 radical (unpaired) electrons. The molecule has 0 fully saturated rings. The van der Waals surface area contributed by atoms with E-state index in [-0.39, 0.29) is 0 Å². The molecule has 0 spiro atoms. The fraction of sp³-hybridized carbons (Fsp3) is 0.417. The Balaban J connectivity index is 2.76. The lowest BCUT2D eigenvalue weighted by molar-refractivity contribution is -0.141. The van der Waals surface area contributed by atoms with E-state index in [1.54, 1.807) is 19.9 Å². The van der Waals surface area contributed by atoms with E-state index in [0.717, 1.165) is 0 Å². The van der Waals surface area contributed by atoms with E-state index >= 15 is 0 Å². The van der Waals surface area contributed by atoms with Gasteiger partial charge in [0.05, 0.1) is 31.2 Å². The Hall–Kier alpha value is -2.11. The maximum Gasteiger partial charge on any atom is 0.339 e. The van der Waals surface area contributed by atoms with Crippen LogP contribution >= 0.6 is 0 Å². The molecule has 1 aromatic rings. The Bertz CT molecular complexity index is 434. The molecule has 1 atom stereocenters. The molecule has 0 amide bonds. The van der Waals surface area contributed by atoms with Crippen molar-refractivity contribution in [3.63, 3.8) is 0 Å². The van der Waals surface area contributed by atoms with Crippen molar-refractivity contribution >= 4 is 17.6 Å². The van der Waals surface area contributed by atoms with Crippen LogP contribution in [0.25, 0.3) is 0 Å². The number of esters is 2. The van der Waals surface area contributed by atoms with Gasteiger partial charge in [0.15, 0.2) is 0 Å². The Morgan fingerprint density at radius 2 is 2.17 bits per heavy atom. The Morgan fingerprint density at radius 1 is 1.44 bits per heavy atom. The zero-order chi connectivity index (χ0) is 13.5. The summed E-state index contributed by atoms with van der Waals surface area (Å²) in [6.07, 6.45) is 2.92. The van der Waals surface area contributed by atoms with Crippen molar-refractivity contribution in [1.29, 1.82) is 0 Å². The minimum absolute atomic E-state index is 0.301. The van der Waals surface area contributed by atoms with Gasteiger partial charge in [-0.2, -0.15) is 0 Å². The molecule has 6 nitrogen and oxygen atoms in total. The quantitative estimate of drug-likeness (QED) is 0.794. The Labute approximate surface area is 105 Å². The Kier molecular flexibility index (Phi) is 5.10. The summed E-state index contributed by atoms with van der Waals surface area (Å²) < 4.78 is 9.45. The second-order valence-corrected chi connectivity index (χ2v) is 3.57. The number of nitrogens with zero attached hydrogens (tertiary/aromatic N) is 1. The van der Waals surface area contributed by atoms with Gasteiger partial charge in [0, 0.05) is 6.20 Å². The number of ether oxygens (including phenoxy) is 2. The highest BCUT2D eigenvalue weighted by molar-refractivity contribution is 5.90. The van der Waals surface area contributed by atoms with Crippen molar-refractivity contribution in [1.82, 2.24) is 4.98 Å². The van der Waals surface area contributed by atoms with Gasteiger partial charge in [0.2, 0.25) is 0 Å².